The van der Waals surface area contributed by atoms with Gasteiger partial charge in [0, 0.05) is 17.0 Å². The Balaban J connectivity index is 1.90. The van der Waals surface area contributed by atoms with Crippen LogP contribution in [0.2, 0.25) is 5.02 Å². The van der Waals surface area contributed by atoms with Crippen LogP contribution in [-0.2, 0) is 22.6 Å². The second-order valence-electron chi connectivity index (χ2n) is 5.31. The number of halogens is 1. The maximum atomic E-state index is 12.0. The molecule has 134 valence electrons. The molecule has 0 aromatic heterocycles. The van der Waals surface area contributed by atoms with Gasteiger partial charge in [-0.15, -0.1) is 0 Å². The number of carbonyl (C=O) groups excluding carboxylic acids is 1. The minimum atomic E-state index is -0.295. The van der Waals surface area contributed by atoms with Crippen LogP contribution in [0.25, 0.3) is 0 Å². The van der Waals surface area contributed by atoms with Gasteiger partial charge >= 0.3 is 5.97 Å². The van der Waals surface area contributed by atoms with E-state index in [-0.39, 0.29) is 19.0 Å². The quantitative estimate of drug-likeness (QED) is 0.661. The molecule has 0 fully saturated rings. The predicted molar refractivity (Wildman–Crippen MR) is 95.7 cm³/mol. The highest BCUT2D eigenvalue weighted by atomic mass is 35.5. The number of hydrogen-bond donors (Lipinski definition) is 0. The molecule has 0 heterocycles. The topological polar surface area (TPSA) is 54.0 Å². The molecule has 0 saturated heterocycles. The molecule has 6 heteroatoms. The number of esters is 1. The SMILES string of the molecule is COc1ccc(Cl)cc1COC(=O)CCc1ccc(OC)c(OC)c1. The molecule has 0 bridgehead atoms. The number of aryl methyl sites for hydroxylation is 1. The molecular formula is C19H21ClO5. The van der Waals surface area contributed by atoms with E-state index < -0.39 is 0 Å². The Hall–Kier alpha value is -2.40. The van der Waals surface area contributed by atoms with Gasteiger partial charge in [0.05, 0.1) is 21.3 Å². The summed E-state index contributed by atoms with van der Waals surface area (Å²) in [6, 6.07) is 10.8. The van der Waals surface area contributed by atoms with E-state index in [0.717, 1.165) is 11.1 Å². The second kappa shape index (κ2) is 9.18. The fourth-order valence-corrected chi connectivity index (χ4v) is 2.57. The third kappa shape index (κ3) is 5.29. The van der Waals surface area contributed by atoms with Gasteiger partial charge < -0.3 is 18.9 Å². The van der Waals surface area contributed by atoms with Crippen LogP contribution in [0.1, 0.15) is 17.5 Å². The van der Waals surface area contributed by atoms with Gasteiger partial charge in [0.1, 0.15) is 12.4 Å². The fraction of sp³-hybridized carbons (Fsp3) is 0.316. The zero-order valence-corrected chi connectivity index (χ0v) is 15.3. The predicted octanol–water partition coefficient (Wildman–Crippen LogP) is 4.04. The summed E-state index contributed by atoms with van der Waals surface area (Å²) >= 11 is 5.97. The minimum absolute atomic E-state index is 0.120. The first-order chi connectivity index (χ1) is 12.1. The maximum Gasteiger partial charge on any atom is 0.306 e. The highest BCUT2D eigenvalue weighted by Crippen LogP contribution is 2.28. The average molecular weight is 365 g/mol. The van der Waals surface area contributed by atoms with Gasteiger partial charge in [-0.1, -0.05) is 17.7 Å². The zero-order chi connectivity index (χ0) is 18.2. The molecule has 0 radical (unpaired) electrons. The van der Waals surface area contributed by atoms with Crippen LogP contribution >= 0.6 is 11.6 Å². The van der Waals surface area contributed by atoms with Crippen LogP contribution in [0.5, 0.6) is 17.2 Å². The van der Waals surface area contributed by atoms with E-state index in [0.29, 0.717) is 28.7 Å². The molecule has 0 atom stereocenters. The lowest BCUT2D eigenvalue weighted by molar-refractivity contribution is -0.144. The Morgan fingerprint density at radius 3 is 2.28 bits per heavy atom. The van der Waals surface area contributed by atoms with E-state index in [4.69, 9.17) is 30.5 Å². The van der Waals surface area contributed by atoms with Crippen LogP contribution in [0.4, 0.5) is 0 Å². The molecule has 0 aliphatic carbocycles. The summed E-state index contributed by atoms with van der Waals surface area (Å²) in [7, 11) is 4.72. The van der Waals surface area contributed by atoms with Crippen LogP contribution in [0.3, 0.4) is 0 Å². The van der Waals surface area contributed by atoms with Crippen molar-refractivity contribution in [2.75, 3.05) is 21.3 Å². The van der Waals surface area contributed by atoms with Crippen LogP contribution in [0, 0.1) is 0 Å². The van der Waals surface area contributed by atoms with Crippen LogP contribution < -0.4 is 14.2 Å². The Labute approximate surface area is 152 Å². The summed E-state index contributed by atoms with van der Waals surface area (Å²) in [6.07, 6.45) is 0.810. The third-order valence-electron chi connectivity index (χ3n) is 3.70. The standard InChI is InChI=1S/C19H21ClO5/c1-22-16-8-6-15(20)11-14(16)12-25-19(21)9-5-13-4-7-17(23-2)18(10-13)24-3/h4,6-8,10-11H,5,9,12H2,1-3H3. The molecule has 0 spiro atoms. The largest absolute Gasteiger partial charge is 0.496 e. The first-order valence-electron chi connectivity index (χ1n) is 7.76. The molecular weight excluding hydrogens is 344 g/mol. The molecule has 5 nitrogen and oxygen atoms in total. The molecule has 0 saturated carbocycles. The third-order valence-corrected chi connectivity index (χ3v) is 3.93. The smallest absolute Gasteiger partial charge is 0.306 e. The van der Waals surface area contributed by atoms with E-state index in [9.17, 15) is 4.79 Å². The van der Waals surface area contributed by atoms with Crippen LogP contribution in [0.15, 0.2) is 36.4 Å². The highest BCUT2D eigenvalue weighted by Gasteiger charge is 2.10. The molecule has 0 amide bonds. The monoisotopic (exact) mass is 364 g/mol. The van der Waals surface area contributed by atoms with Crippen molar-refractivity contribution in [1.82, 2.24) is 0 Å². The van der Waals surface area contributed by atoms with Crippen molar-refractivity contribution in [3.8, 4) is 17.2 Å². The Morgan fingerprint density at radius 1 is 0.920 bits per heavy atom. The summed E-state index contributed by atoms with van der Waals surface area (Å²) in [5, 5.41) is 0.567. The number of carbonyl (C=O) groups is 1. The molecule has 25 heavy (non-hydrogen) atoms. The minimum Gasteiger partial charge on any atom is -0.496 e. The maximum absolute atomic E-state index is 12.0. The second-order valence-corrected chi connectivity index (χ2v) is 5.74. The normalized spacial score (nSPS) is 10.2. The van der Waals surface area contributed by atoms with Crippen LogP contribution in [-0.4, -0.2) is 27.3 Å². The number of rotatable bonds is 8. The van der Waals surface area contributed by atoms with Crippen molar-refractivity contribution in [1.29, 1.82) is 0 Å². The fourth-order valence-electron chi connectivity index (χ4n) is 2.37. The number of ether oxygens (including phenoxy) is 4. The van der Waals surface area contributed by atoms with Gasteiger partial charge in [-0.3, -0.25) is 4.79 Å². The lowest BCUT2D eigenvalue weighted by atomic mass is 10.1. The summed E-state index contributed by atoms with van der Waals surface area (Å²) in [4.78, 5) is 12.0. The van der Waals surface area contributed by atoms with Crippen molar-refractivity contribution in [2.24, 2.45) is 0 Å². The zero-order valence-electron chi connectivity index (χ0n) is 14.5. The molecule has 0 unspecified atom stereocenters. The van der Waals surface area contributed by atoms with Gasteiger partial charge in [0.15, 0.2) is 11.5 Å². The molecule has 2 aromatic carbocycles. The lowest BCUT2D eigenvalue weighted by Gasteiger charge is -2.11. The van der Waals surface area contributed by atoms with Gasteiger partial charge in [0.2, 0.25) is 0 Å². The van der Waals surface area contributed by atoms with Gasteiger partial charge in [-0.2, -0.15) is 0 Å². The van der Waals surface area contributed by atoms with E-state index >= 15 is 0 Å². The molecule has 0 aliphatic rings. The molecule has 0 N–H and O–H groups in total. The van der Waals surface area contributed by atoms with Gasteiger partial charge in [0.25, 0.3) is 0 Å². The van der Waals surface area contributed by atoms with Crippen molar-refractivity contribution in [3.63, 3.8) is 0 Å². The summed E-state index contributed by atoms with van der Waals surface area (Å²) in [6.45, 7) is 0.120. The average Bonchev–Trinajstić information content (AvgIpc) is 2.64. The van der Waals surface area contributed by atoms with Crippen molar-refractivity contribution >= 4 is 17.6 Å². The van der Waals surface area contributed by atoms with E-state index in [1.54, 1.807) is 39.5 Å². The first kappa shape index (κ1) is 18.9. The number of methoxy groups -OCH3 is 3. The summed E-state index contributed by atoms with van der Waals surface area (Å²) in [5.41, 5.74) is 1.70. The van der Waals surface area contributed by atoms with Crippen molar-refractivity contribution in [3.05, 3.63) is 52.5 Å². The summed E-state index contributed by atoms with van der Waals surface area (Å²) < 4.78 is 21.0. The van der Waals surface area contributed by atoms with E-state index in [2.05, 4.69) is 0 Å². The summed E-state index contributed by atoms with van der Waals surface area (Å²) in [5.74, 6) is 1.63. The molecule has 2 rings (SSSR count). The molecule has 2 aromatic rings. The van der Waals surface area contributed by atoms with E-state index in [1.807, 2.05) is 18.2 Å². The van der Waals surface area contributed by atoms with Gasteiger partial charge in [-0.05, 0) is 42.3 Å². The molecule has 0 aliphatic heterocycles. The Kier molecular flexibility index (Phi) is 6.95. The Bertz CT molecular complexity index is 730. The van der Waals surface area contributed by atoms with E-state index in [1.165, 1.54) is 0 Å². The first-order valence-corrected chi connectivity index (χ1v) is 8.14. The lowest BCUT2D eigenvalue weighted by Crippen LogP contribution is -2.07. The van der Waals surface area contributed by atoms with Crippen molar-refractivity contribution < 1.29 is 23.7 Å². The number of hydrogen-bond acceptors (Lipinski definition) is 5. The number of benzene rings is 2. The van der Waals surface area contributed by atoms with Crippen molar-refractivity contribution in [2.45, 2.75) is 19.4 Å². The Morgan fingerprint density at radius 2 is 1.60 bits per heavy atom. The highest BCUT2D eigenvalue weighted by molar-refractivity contribution is 6.30. The van der Waals surface area contributed by atoms with Gasteiger partial charge in [-0.25, -0.2) is 0 Å².